The Bertz CT molecular complexity index is 922. The molecule has 6 nitrogen and oxygen atoms in total. The van der Waals surface area contributed by atoms with Crippen molar-refractivity contribution in [1.82, 2.24) is 4.57 Å². The van der Waals surface area contributed by atoms with Gasteiger partial charge in [-0.05, 0) is 42.0 Å². The standard InChI is InChI=1S/C22H24N2O4/c1-26-17-8-6-7-16(13-17)20(24-11-4-5-12-24)15-22(25)23-19-14-18(27-2)9-10-21(19)28-3/h4-14,20H,15H2,1-3H3,(H,23,25)/t20-/m0/s1. The Morgan fingerprint density at radius 3 is 2.32 bits per heavy atom. The molecule has 28 heavy (non-hydrogen) atoms. The molecule has 0 saturated carbocycles. The third-order valence-electron chi connectivity index (χ3n) is 4.53. The summed E-state index contributed by atoms with van der Waals surface area (Å²) in [5.41, 5.74) is 1.56. The second-order valence-corrected chi connectivity index (χ2v) is 6.24. The van der Waals surface area contributed by atoms with Crippen LogP contribution in [0.4, 0.5) is 5.69 Å². The van der Waals surface area contributed by atoms with Gasteiger partial charge in [0.05, 0.1) is 39.5 Å². The highest BCUT2D eigenvalue weighted by molar-refractivity contribution is 5.93. The molecule has 6 heteroatoms. The lowest BCUT2D eigenvalue weighted by molar-refractivity contribution is -0.116. The average Bonchev–Trinajstić information content (AvgIpc) is 3.26. The van der Waals surface area contributed by atoms with Gasteiger partial charge in [-0.1, -0.05) is 12.1 Å². The van der Waals surface area contributed by atoms with Crippen LogP contribution >= 0.6 is 0 Å². The first-order valence-electron chi connectivity index (χ1n) is 8.93. The number of benzene rings is 2. The normalized spacial score (nSPS) is 11.5. The first-order valence-corrected chi connectivity index (χ1v) is 8.93. The Hall–Kier alpha value is -3.41. The summed E-state index contributed by atoms with van der Waals surface area (Å²) in [4.78, 5) is 12.9. The number of hydrogen-bond donors (Lipinski definition) is 1. The van der Waals surface area contributed by atoms with E-state index in [1.54, 1.807) is 39.5 Å². The lowest BCUT2D eigenvalue weighted by Crippen LogP contribution is -2.20. The van der Waals surface area contributed by atoms with Gasteiger partial charge >= 0.3 is 0 Å². The van der Waals surface area contributed by atoms with Crippen molar-refractivity contribution in [3.05, 3.63) is 72.6 Å². The van der Waals surface area contributed by atoms with E-state index in [1.807, 2.05) is 53.4 Å². The highest BCUT2D eigenvalue weighted by Gasteiger charge is 2.19. The third kappa shape index (κ3) is 4.46. The van der Waals surface area contributed by atoms with Crippen molar-refractivity contribution in [2.24, 2.45) is 0 Å². The van der Waals surface area contributed by atoms with E-state index < -0.39 is 0 Å². The van der Waals surface area contributed by atoms with Gasteiger partial charge in [-0.15, -0.1) is 0 Å². The smallest absolute Gasteiger partial charge is 0.226 e. The number of methoxy groups -OCH3 is 3. The number of nitrogens with zero attached hydrogens (tertiary/aromatic N) is 1. The quantitative estimate of drug-likeness (QED) is 0.638. The van der Waals surface area contributed by atoms with Crippen molar-refractivity contribution in [2.75, 3.05) is 26.6 Å². The maximum atomic E-state index is 12.9. The highest BCUT2D eigenvalue weighted by Crippen LogP contribution is 2.30. The minimum atomic E-state index is -0.165. The molecule has 0 radical (unpaired) electrons. The van der Waals surface area contributed by atoms with Gasteiger partial charge in [0, 0.05) is 18.5 Å². The Kier molecular flexibility index (Phi) is 6.22. The van der Waals surface area contributed by atoms with Gasteiger partial charge in [-0.25, -0.2) is 0 Å². The monoisotopic (exact) mass is 380 g/mol. The summed E-state index contributed by atoms with van der Waals surface area (Å²) in [5, 5.41) is 2.94. The molecule has 0 aliphatic rings. The first-order chi connectivity index (χ1) is 13.6. The van der Waals surface area contributed by atoms with Crippen LogP contribution in [0.2, 0.25) is 0 Å². The summed E-state index contributed by atoms with van der Waals surface area (Å²) >= 11 is 0. The van der Waals surface area contributed by atoms with E-state index in [-0.39, 0.29) is 18.4 Å². The molecule has 1 heterocycles. The van der Waals surface area contributed by atoms with Crippen molar-refractivity contribution in [3.8, 4) is 17.2 Å². The van der Waals surface area contributed by atoms with Crippen LogP contribution in [0, 0.1) is 0 Å². The molecule has 3 aromatic rings. The number of nitrogens with one attached hydrogen (secondary N) is 1. The predicted octanol–water partition coefficient (Wildman–Crippen LogP) is 4.13. The van der Waals surface area contributed by atoms with Gasteiger partial charge in [-0.2, -0.15) is 0 Å². The van der Waals surface area contributed by atoms with Crippen LogP contribution in [0.5, 0.6) is 17.2 Å². The molecule has 1 amide bonds. The number of anilines is 1. The largest absolute Gasteiger partial charge is 0.497 e. The number of carbonyl (C=O) groups excluding carboxylic acids is 1. The molecule has 2 aromatic carbocycles. The fraction of sp³-hybridized carbons (Fsp3) is 0.227. The third-order valence-corrected chi connectivity index (χ3v) is 4.53. The molecule has 0 unspecified atom stereocenters. The zero-order chi connectivity index (χ0) is 19.9. The van der Waals surface area contributed by atoms with E-state index in [4.69, 9.17) is 14.2 Å². The van der Waals surface area contributed by atoms with E-state index in [0.29, 0.717) is 17.2 Å². The molecule has 0 bridgehead atoms. The lowest BCUT2D eigenvalue weighted by Gasteiger charge is -2.20. The van der Waals surface area contributed by atoms with Crippen molar-refractivity contribution in [1.29, 1.82) is 0 Å². The Balaban J connectivity index is 1.84. The highest BCUT2D eigenvalue weighted by atomic mass is 16.5. The predicted molar refractivity (Wildman–Crippen MR) is 108 cm³/mol. The van der Waals surface area contributed by atoms with Crippen LogP contribution in [0.3, 0.4) is 0 Å². The first kappa shape index (κ1) is 19.4. The second-order valence-electron chi connectivity index (χ2n) is 6.24. The number of hydrogen-bond acceptors (Lipinski definition) is 4. The molecule has 146 valence electrons. The molecule has 1 N–H and O–H groups in total. The summed E-state index contributed by atoms with van der Waals surface area (Å²) < 4.78 is 17.9. The summed E-state index contributed by atoms with van der Waals surface area (Å²) in [6.07, 6.45) is 4.15. The Morgan fingerprint density at radius 1 is 0.929 bits per heavy atom. The lowest BCUT2D eigenvalue weighted by atomic mass is 10.0. The zero-order valence-electron chi connectivity index (χ0n) is 16.2. The van der Waals surface area contributed by atoms with Gasteiger partial charge in [-0.3, -0.25) is 4.79 Å². The molecule has 0 saturated heterocycles. The van der Waals surface area contributed by atoms with E-state index in [1.165, 1.54) is 0 Å². The van der Waals surface area contributed by atoms with Crippen molar-refractivity contribution in [3.63, 3.8) is 0 Å². The van der Waals surface area contributed by atoms with Crippen LogP contribution in [0.25, 0.3) is 0 Å². The maximum absolute atomic E-state index is 12.9. The summed E-state index contributed by atoms with van der Waals surface area (Å²) in [6, 6.07) is 16.8. The van der Waals surface area contributed by atoms with Crippen LogP contribution in [-0.4, -0.2) is 31.8 Å². The van der Waals surface area contributed by atoms with Crippen LogP contribution < -0.4 is 19.5 Å². The van der Waals surface area contributed by atoms with Crippen LogP contribution in [0.15, 0.2) is 67.0 Å². The van der Waals surface area contributed by atoms with E-state index >= 15 is 0 Å². The van der Waals surface area contributed by atoms with Crippen LogP contribution in [0.1, 0.15) is 18.0 Å². The number of aromatic nitrogens is 1. The SMILES string of the molecule is COc1cccc([C@H](CC(=O)Nc2cc(OC)ccc2OC)n2cccc2)c1. The molecule has 1 aromatic heterocycles. The number of amides is 1. The fourth-order valence-electron chi connectivity index (χ4n) is 3.09. The second kappa shape index (κ2) is 8.99. The Morgan fingerprint density at radius 2 is 1.64 bits per heavy atom. The fourth-order valence-corrected chi connectivity index (χ4v) is 3.09. The van der Waals surface area contributed by atoms with Gasteiger partial charge in [0.25, 0.3) is 0 Å². The van der Waals surface area contributed by atoms with Crippen molar-refractivity contribution < 1.29 is 19.0 Å². The van der Waals surface area contributed by atoms with Crippen molar-refractivity contribution >= 4 is 11.6 Å². The number of rotatable bonds is 8. The van der Waals surface area contributed by atoms with E-state index in [0.717, 1.165) is 11.3 Å². The van der Waals surface area contributed by atoms with Gasteiger partial charge in [0.2, 0.25) is 5.91 Å². The minimum absolute atomic E-state index is 0.131. The van der Waals surface area contributed by atoms with Gasteiger partial charge < -0.3 is 24.1 Å². The van der Waals surface area contributed by atoms with Crippen LogP contribution in [-0.2, 0) is 4.79 Å². The zero-order valence-corrected chi connectivity index (χ0v) is 16.2. The van der Waals surface area contributed by atoms with Gasteiger partial charge in [0.15, 0.2) is 0 Å². The average molecular weight is 380 g/mol. The maximum Gasteiger partial charge on any atom is 0.226 e. The molecule has 0 fully saturated rings. The van der Waals surface area contributed by atoms with Gasteiger partial charge in [0.1, 0.15) is 17.2 Å². The summed E-state index contributed by atoms with van der Waals surface area (Å²) in [6.45, 7) is 0. The van der Waals surface area contributed by atoms with Crippen molar-refractivity contribution in [2.45, 2.75) is 12.5 Å². The van der Waals surface area contributed by atoms with E-state index in [2.05, 4.69) is 5.32 Å². The molecule has 0 spiro atoms. The molecular formula is C22H24N2O4. The summed E-state index contributed by atoms with van der Waals surface area (Å²) in [5.74, 6) is 1.84. The number of carbonyl (C=O) groups is 1. The molecule has 0 aliphatic carbocycles. The van der Waals surface area contributed by atoms with E-state index in [9.17, 15) is 4.79 Å². The molecule has 0 aliphatic heterocycles. The minimum Gasteiger partial charge on any atom is -0.497 e. The topological polar surface area (TPSA) is 61.7 Å². The molecule has 1 atom stereocenters. The Labute approximate surface area is 164 Å². The molecule has 3 rings (SSSR count). The summed E-state index contributed by atoms with van der Waals surface area (Å²) in [7, 11) is 4.78. The number of ether oxygens (including phenoxy) is 3. The molecular weight excluding hydrogens is 356 g/mol.